The van der Waals surface area contributed by atoms with Gasteiger partial charge >= 0.3 is 0 Å². The number of aryl methyl sites for hydroxylation is 1. The van der Waals surface area contributed by atoms with Crippen LogP contribution in [0.5, 0.6) is 0 Å². The van der Waals surface area contributed by atoms with Gasteiger partial charge < -0.3 is 9.88 Å². The fourth-order valence-corrected chi connectivity index (χ4v) is 2.97. The molecular weight excluding hydrogens is 232 g/mol. The van der Waals surface area contributed by atoms with Crippen LogP contribution < -0.4 is 5.32 Å². The highest BCUT2D eigenvalue weighted by molar-refractivity contribution is 5.83. The molecule has 0 spiro atoms. The van der Waals surface area contributed by atoms with Crippen LogP contribution in [0.4, 0.5) is 0 Å². The van der Waals surface area contributed by atoms with Crippen LogP contribution in [0.25, 0.3) is 10.9 Å². The largest absolute Gasteiger partial charge is 0.350 e. The zero-order valence-corrected chi connectivity index (χ0v) is 12.7. The second-order valence-corrected chi connectivity index (χ2v) is 5.48. The summed E-state index contributed by atoms with van der Waals surface area (Å²) < 4.78 is 2.22. The van der Waals surface area contributed by atoms with Crippen molar-refractivity contribution in [3.63, 3.8) is 0 Å². The Labute approximate surface area is 116 Å². The molecule has 0 atom stereocenters. The Morgan fingerprint density at radius 2 is 1.68 bits per heavy atom. The van der Waals surface area contributed by atoms with E-state index in [0.717, 1.165) is 6.54 Å². The van der Waals surface area contributed by atoms with Crippen LogP contribution in [-0.2, 0) is 13.6 Å². The van der Waals surface area contributed by atoms with Crippen molar-refractivity contribution in [2.45, 2.75) is 52.1 Å². The molecule has 2 heteroatoms. The maximum Gasteiger partial charge on any atom is 0.0481 e. The summed E-state index contributed by atoms with van der Waals surface area (Å²) in [5.41, 5.74) is 3.00. The molecule has 0 aliphatic carbocycles. The van der Waals surface area contributed by atoms with E-state index in [2.05, 4.69) is 68.2 Å². The SMILES string of the molecule is CCC(CC)(CC)NCc1cn(C)c2ccccc12. The lowest BCUT2D eigenvalue weighted by atomic mass is 9.89. The van der Waals surface area contributed by atoms with E-state index in [1.165, 1.54) is 35.7 Å². The zero-order chi connectivity index (χ0) is 13.9. The first-order valence-electron chi connectivity index (χ1n) is 7.43. The molecule has 104 valence electrons. The van der Waals surface area contributed by atoms with E-state index < -0.39 is 0 Å². The lowest BCUT2D eigenvalue weighted by molar-refractivity contribution is 0.288. The number of aromatic nitrogens is 1. The molecule has 0 radical (unpaired) electrons. The summed E-state index contributed by atoms with van der Waals surface area (Å²) in [4.78, 5) is 0. The first-order valence-corrected chi connectivity index (χ1v) is 7.43. The molecule has 2 aromatic rings. The number of hydrogen-bond donors (Lipinski definition) is 1. The summed E-state index contributed by atoms with van der Waals surface area (Å²) in [7, 11) is 2.12. The van der Waals surface area contributed by atoms with Crippen LogP contribution in [-0.4, -0.2) is 10.1 Å². The fraction of sp³-hybridized carbons (Fsp3) is 0.529. The average molecular weight is 258 g/mol. The van der Waals surface area contributed by atoms with Crippen molar-refractivity contribution in [3.05, 3.63) is 36.0 Å². The molecule has 1 aromatic carbocycles. The summed E-state index contributed by atoms with van der Waals surface area (Å²) in [6, 6.07) is 8.63. The van der Waals surface area contributed by atoms with E-state index in [1.807, 2.05) is 0 Å². The molecule has 1 heterocycles. The van der Waals surface area contributed by atoms with Gasteiger partial charge in [-0.15, -0.1) is 0 Å². The van der Waals surface area contributed by atoms with Crippen LogP contribution in [0.1, 0.15) is 45.6 Å². The standard InChI is InChI=1S/C17H26N2/c1-5-17(6-2,7-3)18-12-14-13-19(4)16-11-9-8-10-15(14)16/h8-11,13,18H,5-7,12H2,1-4H3. The van der Waals surface area contributed by atoms with Crippen LogP contribution in [0.2, 0.25) is 0 Å². The minimum atomic E-state index is 0.289. The quantitative estimate of drug-likeness (QED) is 0.820. The molecule has 1 aromatic heterocycles. The van der Waals surface area contributed by atoms with Gasteiger partial charge in [0.2, 0.25) is 0 Å². The minimum Gasteiger partial charge on any atom is -0.350 e. The van der Waals surface area contributed by atoms with Crippen molar-refractivity contribution in [1.29, 1.82) is 0 Å². The van der Waals surface area contributed by atoms with Crippen molar-refractivity contribution in [3.8, 4) is 0 Å². The minimum absolute atomic E-state index is 0.289. The highest BCUT2D eigenvalue weighted by Crippen LogP contribution is 2.23. The number of hydrogen-bond acceptors (Lipinski definition) is 1. The summed E-state index contributed by atoms with van der Waals surface area (Å²) in [5, 5.41) is 5.16. The zero-order valence-electron chi connectivity index (χ0n) is 12.7. The lowest BCUT2D eigenvalue weighted by Gasteiger charge is -2.32. The summed E-state index contributed by atoms with van der Waals surface area (Å²) in [6.07, 6.45) is 5.81. The third kappa shape index (κ3) is 2.69. The van der Waals surface area contributed by atoms with E-state index in [9.17, 15) is 0 Å². The maximum absolute atomic E-state index is 3.79. The third-order valence-electron chi connectivity index (χ3n) is 4.66. The molecule has 19 heavy (non-hydrogen) atoms. The van der Waals surface area contributed by atoms with Crippen LogP contribution in [0.15, 0.2) is 30.5 Å². The molecule has 0 aliphatic heterocycles. The van der Waals surface area contributed by atoms with E-state index in [0.29, 0.717) is 0 Å². The van der Waals surface area contributed by atoms with Crippen molar-refractivity contribution < 1.29 is 0 Å². The molecule has 0 bridgehead atoms. The van der Waals surface area contributed by atoms with Crippen LogP contribution in [0, 0.1) is 0 Å². The molecule has 0 saturated heterocycles. The van der Waals surface area contributed by atoms with Crippen molar-refractivity contribution in [2.24, 2.45) is 7.05 Å². The second kappa shape index (κ2) is 5.79. The Balaban J connectivity index is 2.22. The molecule has 1 N–H and O–H groups in total. The van der Waals surface area contributed by atoms with E-state index in [4.69, 9.17) is 0 Å². The predicted octanol–water partition coefficient (Wildman–Crippen LogP) is 4.24. The molecule has 2 rings (SSSR count). The van der Waals surface area contributed by atoms with Gasteiger partial charge in [-0.3, -0.25) is 0 Å². The summed E-state index contributed by atoms with van der Waals surface area (Å²) >= 11 is 0. The molecule has 0 unspecified atom stereocenters. The molecular formula is C17H26N2. The maximum atomic E-state index is 3.79. The number of para-hydroxylation sites is 1. The van der Waals surface area contributed by atoms with Gasteiger partial charge in [0, 0.05) is 36.2 Å². The van der Waals surface area contributed by atoms with Crippen LogP contribution >= 0.6 is 0 Å². The lowest BCUT2D eigenvalue weighted by Crippen LogP contribution is -2.43. The first kappa shape index (κ1) is 14.1. The highest BCUT2D eigenvalue weighted by atomic mass is 15.0. The van der Waals surface area contributed by atoms with Crippen molar-refractivity contribution in [2.75, 3.05) is 0 Å². The normalized spacial score (nSPS) is 12.2. The topological polar surface area (TPSA) is 17.0 Å². The van der Waals surface area contributed by atoms with Crippen molar-refractivity contribution in [1.82, 2.24) is 9.88 Å². The second-order valence-electron chi connectivity index (χ2n) is 5.48. The summed E-state index contributed by atoms with van der Waals surface area (Å²) in [6.45, 7) is 7.80. The Hall–Kier alpha value is -1.28. The fourth-order valence-electron chi connectivity index (χ4n) is 2.97. The Morgan fingerprint density at radius 1 is 1.05 bits per heavy atom. The van der Waals surface area contributed by atoms with Gasteiger partial charge in [0.15, 0.2) is 0 Å². The Bertz CT molecular complexity index is 527. The van der Waals surface area contributed by atoms with E-state index in [-0.39, 0.29) is 5.54 Å². The van der Waals surface area contributed by atoms with Gasteiger partial charge in [0.25, 0.3) is 0 Å². The van der Waals surface area contributed by atoms with E-state index >= 15 is 0 Å². The van der Waals surface area contributed by atoms with Gasteiger partial charge in [0.1, 0.15) is 0 Å². The van der Waals surface area contributed by atoms with Gasteiger partial charge in [-0.05, 0) is 30.9 Å². The third-order valence-corrected chi connectivity index (χ3v) is 4.66. The van der Waals surface area contributed by atoms with Crippen LogP contribution in [0.3, 0.4) is 0 Å². The Kier molecular flexibility index (Phi) is 4.31. The Morgan fingerprint density at radius 3 is 2.32 bits per heavy atom. The first-order chi connectivity index (χ1) is 9.15. The monoisotopic (exact) mass is 258 g/mol. The van der Waals surface area contributed by atoms with Gasteiger partial charge in [-0.1, -0.05) is 39.0 Å². The molecule has 2 nitrogen and oxygen atoms in total. The summed E-state index contributed by atoms with van der Waals surface area (Å²) in [5.74, 6) is 0. The number of benzene rings is 1. The number of fused-ring (bicyclic) bond motifs is 1. The molecule has 0 amide bonds. The predicted molar refractivity (Wildman–Crippen MR) is 83.4 cm³/mol. The molecule has 0 saturated carbocycles. The number of nitrogens with one attached hydrogen (secondary N) is 1. The molecule has 0 fully saturated rings. The smallest absolute Gasteiger partial charge is 0.0481 e. The number of rotatable bonds is 6. The van der Waals surface area contributed by atoms with Gasteiger partial charge in [-0.25, -0.2) is 0 Å². The highest BCUT2D eigenvalue weighted by Gasteiger charge is 2.23. The van der Waals surface area contributed by atoms with Crippen molar-refractivity contribution >= 4 is 10.9 Å². The van der Waals surface area contributed by atoms with Gasteiger partial charge in [0.05, 0.1) is 0 Å². The number of nitrogens with zero attached hydrogens (tertiary/aromatic N) is 1. The molecule has 0 aliphatic rings. The average Bonchev–Trinajstić information content (AvgIpc) is 2.78. The van der Waals surface area contributed by atoms with E-state index in [1.54, 1.807) is 0 Å². The van der Waals surface area contributed by atoms with Gasteiger partial charge in [-0.2, -0.15) is 0 Å².